The van der Waals surface area contributed by atoms with Gasteiger partial charge in [0.15, 0.2) is 12.0 Å². The lowest BCUT2D eigenvalue weighted by atomic mass is 10.1. The number of aromatic nitrogens is 3. The molecule has 6 aliphatic heterocycles. The molecule has 0 saturated carbocycles. The van der Waals surface area contributed by atoms with Gasteiger partial charge in [0.05, 0.1) is 71.6 Å². The van der Waals surface area contributed by atoms with Crippen LogP contribution in [0.5, 0.6) is 17.2 Å². The number of carbonyl (C=O) groups is 1. The van der Waals surface area contributed by atoms with Crippen LogP contribution in [0.3, 0.4) is 0 Å². The summed E-state index contributed by atoms with van der Waals surface area (Å²) in [6.45, 7) is 55.4. The van der Waals surface area contributed by atoms with Gasteiger partial charge in [-0.1, -0.05) is 448 Å². The Kier molecular flexibility index (Phi) is 79.7. The lowest BCUT2D eigenvalue weighted by Crippen LogP contribution is -1.99. The van der Waals surface area contributed by atoms with Crippen LogP contribution in [-0.4, -0.2) is 46.6 Å². The number of hydrogen-bond donors (Lipinski definition) is 0. The number of pyridine rings is 1. The Labute approximate surface area is 893 Å². The number of hydrogen-bond acceptors (Lipinski definition) is 16. The first-order valence-electron chi connectivity index (χ1n) is 53.3. The molecular weight excluding hydrogens is 1840 g/mol. The van der Waals surface area contributed by atoms with Crippen LogP contribution in [-0.2, 0) is 62.8 Å². The van der Waals surface area contributed by atoms with Crippen molar-refractivity contribution in [2.45, 2.75) is 252 Å². The fourth-order valence-electron chi connectivity index (χ4n) is 13.6. The zero-order chi connectivity index (χ0) is 109. The highest BCUT2D eigenvalue weighted by Gasteiger charge is 2.19. The average molecular weight is 2020 g/mol. The third-order valence-corrected chi connectivity index (χ3v) is 20.6. The van der Waals surface area contributed by atoms with Crippen LogP contribution in [0, 0.1) is 0 Å². The molecule has 0 fully saturated rings. The first kappa shape index (κ1) is 133. The summed E-state index contributed by atoms with van der Waals surface area (Å²) in [5.74, 6) is 2.70. The normalized spacial score (nSPS) is 10.9. The van der Waals surface area contributed by atoms with Crippen molar-refractivity contribution in [2.24, 2.45) is 20.2 Å². The molecule has 0 bridgehead atoms. The van der Waals surface area contributed by atoms with E-state index in [9.17, 15) is 9.59 Å². The van der Waals surface area contributed by atoms with Gasteiger partial charge in [0.25, 0.3) is 0 Å². The molecule has 5 aromatic heterocycles. The second-order valence-corrected chi connectivity index (χ2v) is 28.9. The van der Waals surface area contributed by atoms with Crippen molar-refractivity contribution in [3.8, 4) is 17.2 Å². The number of thiazole rings is 1. The van der Waals surface area contributed by atoms with E-state index in [4.69, 9.17) is 27.5 Å². The van der Waals surface area contributed by atoms with Crippen LogP contribution in [0.25, 0.3) is 60.2 Å². The van der Waals surface area contributed by atoms with Crippen LogP contribution in [0.1, 0.15) is 255 Å². The molecule has 0 amide bonds. The lowest BCUT2D eigenvalue weighted by molar-refractivity contribution is -0.131. The molecule has 0 spiro atoms. The number of aliphatic imine (C=N–C) groups is 2. The molecule has 148 heavy (non-hydrogen) atoms. The predicted octanol–water partition coefficient (Wildman–Crippen LogP) is 39.2. The van der Waals surface area contributed by atoms with Crippen LogP contribution < -0.4 is 19.8 Å². The summed E-state index contributed by atoms with van der Waals surface area (Å²) in [4.78, 5) is 42.0. The SMILES string of the molecule is C.C1=Cc2ccccc2C1.C1=NCc2ccccc21.C1=Nc2ccccc2C1.CC.CC.CC.CC.CC.CC.CC.CC.CC.CC.CC.CC.CC.O=C1Cc2ccccc2O1.O=c1ccc2ccccc2o1.c1ccc2c(c1)CCC2.c1ccc2c(c1)CCO2.c1ccc2c(c1)CCO2.c1ccc2c(c1)CN=N2.c1ccc2ncccc2c1.c1ccc2occc2c1.c1ccc2ocnc2c1.c1ccc2scnc2c1. The van der Waals surface area contributed by atoms with E-state index in [2.05, 4.69) is 150 Å². The monoisotopic (exact) mass is 2010 g/mol. The summed E-state index contributed by atoms with van der Waals surface area (Å²) in [6.07, 6.45) is 21.9. The highest BCUT2D eigenvalue weighted by atomic mass is 32.1. The number of nitrogens with zero attached hydrogens (tertiary/aromatic N) is 7. The highest BCUT2D eigenvalue weighted by molar-refractivity contribution is 7.16. The summed E-state index contributed by atoms with van der Waals surface area (Å²) < 4.78 is 31.8. The Morgan fingerprint density at radius 3 is 1.31 bits per heavy atom. The van der Waals surface area contributed by atoms with E-state index in [0.29, 0.717) is 17.8 Å². The Hall–Kier alpha value is -14.9. The van der Waals surface area contributed by atoms with E-state index in [1.165, 1.54) is 86.3 Å². The standard InChI is InChI=1S/C9H7N.C9H6O2.C9H10.C9H8.2C8H7N.C8H6O2.2C8H8O.C8H6O.C7H6N2.C7H5NO.C7H5NS.13C2H6.CH4/c1-2-6-9-8(4-1)5-3-7-10-9;10-9-6-5-7-3-1-2-4-8(7)11-9;2*1-2-5-9-7-3-6-8(9)4-1;1-2-4-8-6-9-5-7(8)3-1;1-2-4-8-7(3-1)5-6-9-8;9-8-5-6-3-1-2-4-7(6)10-8;3*1-2-4-8-7(3-1)5-6-9-8;1-2-4-7-6(3-1)5-8-9-7;2*1-2-4-7-6(3-1)8-5-9-7;13*1-2;/h1-7H;1-6H;1-2,4-5H,3,6-7H2;1-6H,7H2;1-5H,6H2;1-4,6H,5H2;1-4H,5H2;2*1-4H,5-6H2;1-6H;1-4H,5H2;2*1-5H;13*1-2H3;1H4. The summed E-state index contributed by atoms with van der Waals surface area (Å²) >= 11 is 1.68. The molecule has 8 aliphatic rings. The van der Waals surface area contributed by atoms with Crippen molar-refractivity contribution in [1.29, 1.82) is 0 Å². The molecule has 16 heteroatoms. The molecule has 0 radical (unpaired) electrons. The molecular formula is C132H171N7O8S. The molecule has 11 heterocycles. The largest absolute Gasteiger partial charge is 0.493 e. The summed E-state index contributed by atoms with van der Waals surface area (Å²) in [5, 5.41) is 11.1. The number of aryl methyl sites for hydroxylation is 2. The van der Waals surface area contributed by atoms with E-state index in [1.807, 2.05) is 423 Å². The van der Waals surface area contributed by atoms with E-state index < -0.39 is 0 Å². The zero-order valence-corrected chi connectivity index (χ0v) is 93.6. The maximum absolute atomic E-state index is 10.7. The van der Waals surface area contributed by atoms with Crippen molar-refractivity contribution in [2.75, 3.05) is 13.2 Å². The van der Waals surface area contributed by atoms with Crippen molar-refractivity contribution < 1.29 is 32.3 Å². The quantitative estimate of drug-likeness (QED) is 0.0798. The molecule has 13 aromatic carbocycles. The van der Waals surface area contributed by atoms with Crippen LogP contribution in [0.4, 0.5) is 11.4 Å². The van der Waals surface area contributed by atoms with E-state index in [1.54, 1.807) is 46.9 Å². The van der Waals surface area contributed by atoms with Gasteiger partial charge in [0, 0.05) is 71.2 Å². The minimum Gasteiger partial charge on any atom is -0.493 e. The van der Waals surface area contributed by atoms with Gasteiger partial charge >= 0.3 is 11.6 Å². The predicted molar refractivity (Wildman–Crippen MR) is 644 cm³/mol. The fraction of sp³-hybridized carbons (Fsp3) is 0.295. The number of ether oxygens (including phenoxy) is 3. The van der Waals surface area contributed by atoms with Crippen LogP contribution in [0.2, 0.25) is 0 Å². The lowest BCUT2D eigenvalue weighted by Gasteiger charge is -1.93. The first-order chi connectivity index (χ1) is 72.8. The van der Waals surface area contributed by atoms with Crippen LogP contribution >= 0.6 is 11.3 Å². The van der Waals surface area contributed by atoms with Crippen molar-refractivity contribution in [3.63, 3.8) is 0 Å². The number of benzene rings is 13. The van der Waals surface area contributed by atoms with Gasteiger partial charge in [0.1, 0.15) is 33.9 Å². The van der Waals surface area contributed by atoms with Gasteiger partial charge in [-0.2, -0.15) is 10.2 Å². The molecule has 788 valence electrons. The fourth-order valence-corrected chi connectivity index (χ4v) is 14.3. The van der Waals surface area contributed by atoms with E-state index >= 15 is 0 Å². The van der Waals surface area contributed by atoms with Crippen molar-refractivity contribution >= 4 is 101 Å². The molecule has 0 saturated heterocycles. The minimum atomic E-state index is -0.302. The number of allylic oxidation sites excluding steroid dienone is 1. The average Bonchev–Trinajstić information content (AvgIpc) is 1.75. The summed E-state index contributed by atoms with van der Waals surface area (Å²) in [7, 11) is 0. The Balaban J connectivity index is 0.00000155. The van der Waals surface area contributed by atoms with Gasteiger partial charge in [-0.15, -0.1) is 11.3 Å². The Morgan fingerprint density at radius 2 is 0.770 bits per heavy atom. The smallest absolute Gasteiger partial charge is 0.336 e. The number of esters is 1. The van der Waals surface area contributed by atoms with Crippen LogP contribution in [0.15, 0.2) is 414 Å². The molecule has 0 unspecified atom stereocenters. The second-order valence-electron chi connectivity index (χ2n) is 28.0. The maximum atomic E-state index is 10.7. The number of oxazole rings is 1. The molecule has 15 nitrogen and oxygen atoms in total. The number of para-hydroxylation sites is 10. The molecule has 0 atom stereocenters. The van der Waals surface area contributed by atoms with Crippen molar-refractivity contribution in [3.05, 3.63) is 448 Å². The maximum Gasteiger partial charge on any atom is 0.336 e. The third-order valence-electron chi connectivity index (χ3n) is 19.8. The molecule has 2 aliphatic carbocycles. The van der Waals surface area contributed by atoms with E-state index in [-0.39, 0.29) is 19.0 Å². The van der Waals surface area contributed by atoms with Gasteiger partial charge in [-0.05, 0) is 167 Å². The zero-order valence-electron chi connectivity index (χ0n) is 92.8. The number of carbonyl (C=O) groups excluding carboxylic acids is 1. The first-order valence-corrected chi connectivity index (χ1v) is 54.2. The topological polar surface area (TPSA) is 189 Å². The second kappa shape index (κ2) is 88.6. The number of rotatable bonds is 0. The Bertz CT molecular complexity index is 5770. The summed E-state index contributed by atoms with van der Waals surface area (Å²) in [6, 6.07) is 114. The third kappa shape index (κ3) is 49.3. The molecule has 0 N–H and O–H groups in total. The number of fused-ring (bicyclic) bond motifs is 13. The minimum absolute atomic E-state index is 0. The van der Waals surface area contributed by atoms with Crippen molar-refractivity contribution in [1.82, 2.24) is 15.0 Å². The Morgan fingerprint density at radius 1 is 0.318 bits per heavy atom. The molecule has 26 rings (SSSR count). The number of furan rings is 1. The molecule has 18 aromatic rings. The number of azo groups is 1. The van der Waals surface area contributed by atoms with Gasteiger partial charge in [0.2, 0.25) is 0 Å². The van der Waals surface area contributed by atoms with E-state index in [0.717, 1.165) is 119 Å². The summed E-state index contributed by atoms with van der Waals surface area (Å²) in [5.41, 5.74) is 24.1. The highest BCUT2D eigenvalue weighted by Crippen LogP contribution is 2.29. The van der Waals surface area contributed by atoms with Gasteiger partial charge < -0.3 is 27.5 Å². The van der Waals surface area contributed by atoms with Gasteiger partial charge in [-0.25, -0.2) is 14.8 Å². The van der Waals surface area contributed by atoms with Gasteiger partial charge in [-0.3, -0.25) is 19.8 Å².